The number of carbonyl (C=O) groups excluding carboxylic acids is 1. The van der Waals surface area contributed by atoms with Crippen molar-refractivity contribution < 1.29 is 28.0 Å². The second kappa shape index (κ2) is 9.47. The molecule has 0 amide bonds. The molecule has 1 N–H and O–H groups in total. The molecule has 5 nitrogen and oxygen atoms in total. The number of rotatable bonds is 9. The molecule has 1 aromatic heterocycles. The number of carbonyl (C=O) groups is 1. The Balaban J connectivity index is 1.63. The standard InChI is InChI=1S/C24H33F2N2O3/c1-18(2)17-28-14-13-27(19(28)3)12-7-15-31-22(29)24(30,20-8-5-4-6-9-20)21-10-11-23(25,26)16-21/h4-6,8-9,13-14,18,21,30H,7,10-12,15-17H2,1-3H3/q+1/t21-,24-/m0/s1. The van der Waals surface area contributed by atoms with Crippen LogP contribution in [-0.4, -0.2) is 28.2 Å². The number of aryl methyl sites for hydroxylation is 1. The van der Waals surface area contributed by atoms with E-state index < -0.39 is 29.8 Å². The van der Waals surface area contributed by atoms with Gasteiger partial charge >= 0.3 is 5.97 Å². The number of ether oxygens (including phenoxy) is 1. The minimum atomic E-state index is -2.87. The monoisotopic (exact) mass is 435 g/mol. The van der Waals surface area contributed by atoms with Crippen LogP contribution in [0.15, 0.2) is 42.7 Å². The van der Waals surface area contributed by atoms with Crippen LogP contribution in [-0.2, 0) is 28.2 Å². The molecule has 1 saturated carbocycles. The third-order valence-electron chi connectivity index (χ3n) is 6.12. The van der Waals surface area contributed by atoms with Gasteiger partial charge in [-0.25, -0.2) is 22.7 Å². The van der Waals surface area contributed by atoms with E-state index in [9.17, 15) is 18.7 Å². The highest BCUT2D eigenvalue weighted by molar-refractivity contribution is 5.81. The Bertz CT molecular complexity index is 882. The normalized spacial score (nSPS) is 20.0. The van der Waals surface area contributed by atoms with E-state index in [0.29, 0.717) is 24.4 Å². The van der Waals surface area contributed by atoms with Gasteiger partial charge in [0.15, 0.2) is 5.60 Å². The number of aliphatic hydroxyl groups is 1. The van der Waals surface area contributed by atoms with E-state index >= 15 is 0 Å². The maximum Gasteiger partial charge on any atom is 0.343 e. The zero-order valence-electron chi connectivity index (χ0n) is 18.6. The molecule has 170 valence electrons. The number of nitrogens with zero attached hydrogens (tertiary/aromatic N) is 2. The number of imidazole rings is 1. The van der Waals surface area contributed by atoms with Crippen LogP contribution in [0, 0.1) is 18.8 Å². The van der Waals surface area contributed by atoms with Crippen molar-refractivity contribution in [1.82, 2.24) is 4.57 Å². The van der Waals surface area contributed by atoms with E-state index in [4.69, 9.17) is 4.74 Å². The molecule has 0 spiro atoms. The van der Waals surface area contributed by atoms with Crippen molar-refractivity contribution in [2.75, 3.05) is 6.61 Å². The number of benzene rings is 1. The Kier molecular flexibility index (Phi) is 7.14. The highest BCUT2D eigenvalue weighted by Crippen LogP contribution is 2.47. The number of alkyl halides is 2. The summed E-state index contributed by atoms with van der Waals surface area (Å²) in [5.74, 6) is -2.93. The van der Waals surface area contributed by atoms with Crippen molar-refractivity contribution in [3.8, 4) is 0 Å². The SMILES string of the molecule is Cc1n(CCCOC(=O)[C@](O)(c2ccccc2)[C@H]2CCC(F)(F)C2)cc[n+]1CC(C)C. The highest BCUT2D eigenvalue weighted by atomic mass is 19.3. The Labute approximate surface area is 182 Å². The molecule has 0 bridgehead atoms. The summed E-state index contributed by atoms with van der Waals surface area (Å²) in [7, 11) is 0. The molecule has 0 saturated heterocycles. The first kappa shape index (κ1) is 23.4. The van der Waals surface area contributed by atoms with E-state index in [0.717, 1.165) is 12.4 Å². The molecule has 3 rings (SSSR count). The number of esters is 1. The van der Waals surface area contributed by atoms with E-state index in [1.165, 1.54) is 0 Å². The fourth-order valence-electron chi connectivity index (χ4n) is 4.39. The van der Waals surface area contributed by atoms with Crippen LogP contribution in [0.5, 0.6) is 0 Å². The zero-order valence-corrected chi connectivity index (χ0v) is 18.6. The molecule has 31 heavy (non-hydrogen) atoms. The van der Waals surface area contributed by atoms with Crippen molar-refractivity contribution in [3.05, 3.63) is 54.1 Å². The maximum absolute atomic E-state index is 13.8. The summed E-state index contributed by atoms with van der Waals surface area (Å²) in [6, 6.07) is 8.30. The molecule has 7 heteroatoms. The second-order valence-corrected chi connectivity index (χ2v) is 9.00. The van der Waals surface area contributed by atoms with E-state index in [-0.39, 0.29) is 19.4 Å². The summed E-state index contributed by atoms with van der Waals surface area (Å²) in [5, 5.41) is 11.3. The summed E-state index contributed by atoms with van der Waals surface area (Å²) in [5.41, 5.74) is -1.76. The molecule has 1 aliphatic carbocycles. The van der Waals surface area contributed by atoms with E-state index in [1.807, 2.05) is 19.3 Å². The molecule has 1 heterocycles. The zero-order chi connectivity index (χ0) is 22.6. The molecular formula is C24H33F2N2O3+. The Hall–Kier alpha value is -2.28. The van der Waals surface area contributed by atoms with Crippen LogP contribution < -0.4 is 4.57 Å². The fraction of sp³-hybridized carbons (Fsp3) is 0.583. The lowest BCUT2D eigenvalue weighted by Crippen LogP contribution is -2.44. The lowest BCUT2D eigenvalue weighted by atomic mass is 9.80. The highest BCUT2D eigenvalue weighted by Gasteiger charge is 2.54. The summed E-state index contributed by atoms with van der Waals surface area (Å²) < 4.78 is 37.4. The van der Waals surface area contributed by atoms with Crippen molar-refractivity contribution in [3.63, 3.8) is 0 Å². The van der Waals surface area contributed by atoms with Gasteiger partial charge in [0.2, 0.25) is 5.92 Å². The lowest BCUT2D eigenvalue weighted by Gasteiger charge is -2.32. The van der Waals surface area contributed by atoms with Crippen molar-refractivity contribution in [1.29, 1.82) is 0 Å². The van der Waals surface area contributed by atoms with E-state index in [2.05, 4.69) is 23.0 Å². The van der Waals surface area contributed by atoms with Gasteiger partial charge in [0, 0.05) is 32.1 Å². The van der Waals surface area contributed by atoms with Gasteiger partial charge in [0.05, 0.1) is 19.7 Å². The molecule has 0 aliphatic heterocycles. The van der Waals surface area contributed by atoms with Crippen LogP contribution in [0.2, 0.25) is 0 Å². The third-order valence-corrected chi connectivity index (χ3v) is 6.12. The molecule has 2 atom stereocenters. The van der Waals surface area contributed by atoms with Crippen molar-refractivity contribution in [2.45, 2.75) is 71.1 Å². The predicted octanol–water partition coefficient (Wildman–Crippen LogP) is 4.00. The van der Waals surface area contributed by atoms with Crippen LogP contribution in [0.25, 0.3) is 0 Å². The lowest BCUT2D eigenvalue weighted by molar-refractivity contribution is -0.707. The summed E-state index contributed by atoms with van der Waals surface area (Å²) in [4.78, 5) is 12.9. The first-order chi connectivity index (χ1) is 14.6. The molecule has 1 aliphatic rings. The van der Waals surface area contributed by atoms with Crippen LogP contribution >= 0.6 is 0 Å². The maximum atomic E-state index is 13.8. The average Bonchev–Trinajstić information content (AvgIpc) is 3.27. The van der Waals surface area contributed by atoms with Gasteiger partial charge in [0.1, 0.15) is 12.4 Å². The Morgan fingerprint density at radius 2 is 2.06 bits per heavy atom. The molecule has 2 aromatic rings. The smallest absolute Gasteiger partial charge is 0.343 e. The molecular weight excluding hydrogens is 402 g/mol. The summed E-state index contributed by atoms with van der Waals surface area (Å²) >= 11 is 0. The second-order valence-electron chi connectivity index (χ2n) is 9.00. The molecule has 1 fully saturated rings. The van der Waals surface area contributed by atoms with Crippen molar-refractivity contribution in [2.24, 2.45) is 11.8 Å². The quantitative estimate of drug-likeness (QED) is 0.368. The predicted molar refractivity (Wildman–Crippen MR) is 112 cm³/mol. The van der Waals surface area contributed by atoms with Gasteiger partial charge in [-0.05, 0) is 17.9 Å². The van der Waals surface area contributed by atoms with Crippen LogP contribution in [0.1, 0.15) is 50.9 Å². The van der Waals surface area contributed by atoms with Crippen LogP contribution in [0.4, 0.5) is 8.78 Å². The minimum Gasteiger partial charge on any atom is -0.463 e. The Morgan fingerprint density at radius 1 is 1.35 bits per heavy atom. The molecule has 0 unspecified atom stereocenters. The van der Waals surface area contributed by atoms with Gasteiger partial charge in [-0.1, -0.05) is 44.2 Å². The number of aromatic nitrogens is 2. The summed E-state index contributed by atoms with van der Waals surface area (Å²) in [6.07, 6.45) is 3.83. The number of halogens is 2. The van der Waals surface area contributed by atoms with Gasteiger partial charge < -0.3 is 9.84 Å². The van der Waals surface area contributed by atoms with Gasteiger partial charge in [-0.2, -0.15) is 0 Å². The number of hydrogen-bond acceptors (Lipinski definition) is 3. The summed E-state index contributed by atoms with van der Waals surface area (Å²) in [6.45, 7) is 8.08. The third kappa shape index (κ3) is 5.32. The Morgan fingerprint density at radius 3 is 2.68 bits per heavy atom. The first-order valence-corrected chi connectivity index (χ1v) is 11.0. The first-order valence-electron chi connectivity index (χ1n) is 11.0. The van der Waals surface area contributed by atoms with Gasteiger partial charge in [-0.15, -0.1) is 0 Å². The topological polar surface area (TPSA) is 55.3 Å². The minimum absolute atomic E-state index is 0.0753. The van der Waals surface area contributed by atoms with E-state index in [1.54, 1.807) is 30.3 Å². The van der Waals surface area contributed by atoms with Gasteiger partial charge in [0.25, 0.3) is 5.82 Å². The fourth-order valence-corrected chi connectivity index (χ4v) is 4.39. The molecule has 1 aromatic carbocycles. The van der Waals surface area contributed by atoms with Gasteiger partial charge in [-0.3, -0.25) is 0 Å². The molecule has 0 radical (unpaired) electrons. The van der Waals surface area contributed by atoms with Crippen LogP contribution in [0.3, 0.4) is 0 Å². The number of hydrogen-bond donors (Lipinski definition) is 1. The average molecular weight is 436 g/mol. The van der Waals surface area contributed by atoms with Crippen molar-refractivity contribution >= 4 is 5.97 Å². The largest absolute Gasteiger partial charge is 0.463 e.